The molecule has 0 heterocycles. The van der Waals surface area contributed by atoms with Gasteiger partial charge in [-0.15, -0.1) is 23.2 Å². The van der Waals surface area contributed by atoms with E-state index in [1.54, 1.807) is 18.2 Å². The molecule has 0 aliphatic heterocycles. The van der Waals surface area contributed by atoms with Crippen molar-refractivity contribution in [1.82, 2.24) is 0 Å². The molecule has 2 nitrogen and oxygen atoms in total. The number of benzene rings is 1. The highest BCUT2D eigenvalue weighted by atomic mass is 35.5. The molecule has 1 N–H and O–H groups in total. The quantitative estimate of drug-likeness (QED) is 0.634. The zero-order valence-corrected chi connectivity index (χ0v) is 15.4. The number of amides is 1. The Balaban J connectivity index is 1.38. The highest BCUT2D eigenvalue weighted by Crippen LogP contribution is 2.67. The average Bonchev–Trinajstić information content (AvgIpc) is 3.27. The van der Waals surface area contributed by atoms with E-state index in [0.29, 0.717) is 39.4 Å². The van der Waals surface area contributed by atoms with Crippen molar-refractivity contribution in [3.05, 3.63) is 28.2 Å². The van der Waals surface area contributed by atoms with Crippen LogP contribution in [0.1, 0.15) is 25.7 Å². The van der Waals surface area contributed by atoms with Gasteiger partial charge in [-0.3, -0.25) is 4.79 Å². The predicted molar refractivity (Wildman–Crippen MR) is 95.4 cm³/mol. The fourth-order valence-electron chi connectivity index (χ4n) is 4.41. The van der Waals surface area contributed by atoms with Crippen LogP contribution in [0.2, 0.25) is 10.0 Å². The summed E-state index contributed by atoms with van der Waals surface area (Å²) in [6.45, 7) is 0. The number of carbonyl (C=O) groups is 1. The van der Waals surface area contributed by atoms with Crippen molar-refractivity contribution in [2.24, 2.45) is 29.6 Å². The highest BCUT2D eigenvalue weighted by Gasteiger charge is 2.65. The van der Waals surface area contributed by atoms with Gasteiger partial charge in [0.15, 0.2) is 0 Å². The van der Waals surface area contributed by atoms with E-state index in [0.717, 1.165) is 25.7 Å². The molecule has 0 aromatic heterocycles. The Morgan fingerprint density at radius 1 is 1.00 bits per heavy atom. The van der Waals surface area contributed by atoms with Gasteiger partial charge >= 0.3 is 0 Å². The van der Waals surface area contributed by atoms with Crippen molar-refractivity contribution in [3.8, 4) is 0 Å². The zero-order valence-electron chi connectivity index (χ0n) is 12.4. The summed E-state index contributed by atoms with van der Waals surface area (Å²) < 4.78 is -0.505. The second kappa shape index (κ2) is 5.69. The first-order chi connectivity index (χ1) is 10.9. The highest BCUT2D eigenvalue weighted by molar-refractivity contribution is 6.51. The second-order valence-electron chi connectivity index (χ2n) is 7.01. The van der Waals surface area contributed by atoms with Crippen molar-refractivity contribution in [3.63, 3.8) is 0 Å². The van der Waals surface area contributed by atoms with E-state index in [4.69, 9.17) is 46.4 Å². The summed E-state index contributed by atoms with van der Waals surface area (Å²) in [5.41, 5.74) is 0.701. The number of carbonyl (C=O) groups excluding carboxylic acids is 1. The number of halogens is 4. The lowest BCUT2D eigenvalue weighted by Crippen LogP contribution is -2.15. The minimum Gasteiger partial charge on any atom is -0.326 e. The van der Waals surface area contributed by atoms with Crippen molar-refractivity contribution in [2.75, 3.05) is 5.32 Å². The van der Waals surface area contributed by atoms with E-state index in [1.165, 1.54) is 0 Å². The Labute approximate surface area is 155 Å². The molecule has 0 spiro atoms. The number of alkyl halides is 2. The minimum absolute atomic E-state index is 0.0944. The maximum atomic E-state index is 12.5. The zero-order chi connectivity index (χ0) is 16.4. The molecular weight excluding hydrogens is 376 g/mol. The van der Waals surface area contributed by atoms with Gasteiger partial charge in [-0.2, -0.15) is 0 Å². The number of rotatable bonds is 2. The third-order valence-corrected chi connectivity index (χ3v) is 7.67. The molecule has 4 atom stereocenters. The molecule has 0 saturated heterocycles. The second-order valence-corrected chi connectivity index (χ2v) is 9.27. The third-order valence-electron chi connectivity index (χ3n) is 5.81. The van der Waals surface area contributed by atoms with E-state index in [1.807, 2.05) is 0 Å². The number of hydrogen-bond acceptors (Lipinski definition) is 1. The van der Waals surface area contributed by atoms with Gasteiger partial charge in [-0.05, 0) is 67.6 Å². The summed E-state index contributed by atoms with van der Waals surface area (Å²) in [7, 11) is 0. The SMILES string of the molecule is O=C(Nc1ccc(Cl)c(Cl)c1)C1[C@H]2CC[C@@H]3[C@@H](CC[C@H]12)C3(Cl)Cl. The third kappa shape index (κ3) is 2.86. The molecule has 0 unspecified atom stereocenters. The molecule has 3 fully saturated rings. The molecule has 4 rings (SSSR count). The first kappa shape index (κ1) is 16.3. The van der Waals surface area contributed by atoms with E-state index >= 15 is 0 Å². The Morgan fingerprint density at radius 2 is 1.61 bits per heavy atom. The molecule has 1 aromatic rings. The standard InChI is InChI=1S/C17H17Cl4NO/c18-13-6-1-8(7-14(13)19)22-16(23)15-9-2-4-11-12(17(11,20)21)5-3-10(9)15/h1,6-7,9-12,15H,2-5H2,(H,22,23)/t9-,10-,11+,12+/m0/s1. The van der Waals surface area contributed by atoms with Crippen molar-refractivity contribution in [2.45, 2.75) is 30.0 Å². The Hall–Kier alpha value is -0.150. The van der Waals surface area contributed by atoms with Crippen LogP contribution >= 0.6 is 46.4 Å². The molecule has 1 aromatic carbocycles. The van der Waals surface area contributed by atoms with E-state index in [2.05, 4.69) is 5.32 Å². The van der Waals surface area contributed by atoms with E-state index in [9.17, 15) is 4.79 Å². The van der Waals surface area contributed by atoms with Crippen LogP contribution in [0.25, 0.3) is 0 Å². The Kier molecular flexibility index (Phi) is 4.04. The van der Waals surface area contributed by atoms with Crippen LogP contribution in [-0.2, 0) is 4.79 Å². The summed E-state index contributed by atoms with van der Waals surface area (Å²) >= 11 is 24.5. The normalized spacial score (nSPS) is 37.0. The number of fused-ring (bicyclic) bond motifs is 2. The molecule has 3 saturated carbocycles. The summed E-state index contributed by atoms with van der Waals surface area (Å²) in [5.74, 6) is 2.00. The van der Waals surface area contributed by atoms with Crippen LogP contribution in [0.5, 0.6) is 0 Å². The topological polar surface area (TPSA) is 29.1 Å². The van der Waals surface area contributed by atoms with Gasteiger partial charge in [-0.1, -0.05) is 23.2 Å². The van der Waals surface area contributed by atoms with Gasteiger partial charge < -0.3 is 5.32 Å². The average molecular weight is 393 g/mol. The van der Waals surface area contributed by atoms with E-state index < -0.39 is 4.33 Å². The number of anilines is 1. The lowest BCUT2D eigenvalue weighted by atomic mass is 10.0. The van der Waals surface area contributed by atoms with Crippen molar-refractivity contribution >= 4 is 58.0 Å². The van der Waals surface area contributed by atoms with Gasteiger partial charge in [0, 0.05) is 11.6 Å². The van der Waals surface area contributed by atoms with Crippen LogP contribution in [-0.4, -0.2) is 10.2 Å². The molecule has 0 radical (unpaired) electrons. The van der Waals surface area contributed by atoms with Gasteiger partial charge in [0.2, 0.25) is 5.91 Å². The Bertz CT molecular complexity index is 640. The van der Waals surface area contributed by atoms with Gasteiger partial charge in [0.05, 0.1) is 10.0 Å². The van der Waals surface area contributed by atoms with Gasteiger partial charge in [-0.25, -0.2) is 0 Å². The molecule has 1 amide bonds. The summed E-state index contributed by atoms with van der Waals surface area (Å²) in [5, 5.41) is 3.91. The summed E-state index contributed by atoms with van der Waals surface area (Å²) in [6.07, 6.45) is 4.17. The fourth-order valence-corrected chi connectivity index (χ4v) is 5.63. The lowest BCUT2D eigenvalue weighted by molar-refractivity contribution is -0.117. The van der Waals surface area contributed by atoms with Crippen LogP contribution < -0.4 is 5.32 Å². The first-order valence-corrected chi connectivity index (χ1v) is 9.54. The van der Waals surface area contributed by atoms with Gasteiger partial charge in [0.1, 0.15) is 4.33 Å². The fraction of sp³-hybridized carbons (Fsp3) is 0.588. The predicted octanol–water partition coefficient (Wildman–Crippen LogP) is 5.79. The molecule has 23 heavy (non-hydrogen) atoms. The van der Waals surface area contributed by atoms with Crippen LogP contribution in [0, 0.1) is 29.6 Å². The van der Waals surface area contributed by atoms with Crippen LogP contribution in [0.15, 0.2) is 18.2 Å². The molecular formula is C17H17Cl4NO. The molecule has 3 aliphatic carbocycles. The maximum absolute atomic E-state index is 12.5. The van der Waals surface area contributed by atoms with E-state index in [-0.39, 0.29) is 11.8 Å². The minimum atomic E-state index is -0.505. The van der Waals surface area contributed by atoms with Crippen LogP contribution in [0.4, 0.5) is 5.69 Å². The Morgan fingerprint density at radius 3 is 2.17 bits per heavy atom. The summed E-state index contributed by atoms with van der Waals surface area (Å²) in [6, 6.07) is 5.17. The lowest BCUT2D eigenvalue weighted by Gasteiger charge is -2.06. The molecule has 0 bridgehead atoms. The van der Waals surface area contributed by atoms with Crippen LogP contribution in [0.3, 0.4) is 0 Å². The van der Waals surface area contributed by atoms with Crippen molar-refractivity contribution in [1.29, 1.82) is 0 Å². The number of nitrogens with one attached hydrogen (secondary N) is 1. The number of hydrogen-bond donors (Lipinski definition) is 1. The molecule has 6 heteroatoms. The smallest absolute Gasteiger partial charge is 0.228 e. The van der Waals surface area contributed by atoms with Crippen molar-refractivity contribution < 1.29 is 4.79 Å². The monoisotopic (exact) mass is 391 g/mol. The summed E-state index contributed by atoms with van der Waals surface area (Å²) in [4.78, 5) is 12.5. The first-order valence-electron chi connectivity index (χ1n) is 8.03. The maximum Gasteiger partial charge on any atom is 0.228 e. The molecule has 3 aliphatic rings. The molecule has 124 valence electrons. The largest absolute Gasteiger partial charge is 0.326 e. The van der Waals surface area contributed by atoms with Gasteiger partial charge in [0.25, 0.3) is 0 Å².